The van der Waals surface area contributed by atoms with E-state index < -0.39 is 5.97 Å². The molecular weight excluding hydrogens is 412 g/mol. The number of hydrazone groups is 1. The van der Waals surface area contributed by atoms with Crippen LogP contribution in [0.25, 0.3) is 0 Å². The van der Waals surface area contributed by atoms with E-state index in [-0.39, 0.29) is 18.1 Å². The van der Waals surface area contributed by atoms with Gasteiger partial charge in [0.25, 0.3) is 0 Å². The maximum atomic E-state index is 12.1. The van der Waals surface area contributed by atoms with Crippen molar-refractivity contribution >= 4 is 34.0 Å². The predicted octanol–water partition coefficient (Wildman–Crippen LogP) is 3.95. The van der Waals surface area contributed by atoms with Gasteiger partial charge in [0.2, 0.25) is 11.7 Å². The number of nitrogens with one attached hydrogen (secondary N) is 1. The quantitative estimate of drug-likeness (QED) is 0.280. The Morgan fingerprint density at radius 2 is 1.93 bits per heavy atom. The summed E-state index contributed by atoms with van der Waals surface area (Å²) in [5.74, 6) is -0.482. The molecule has 1 amide bonds. The molecule has 1 heterocycles. The Hall–Kier alpha value is -3.19. The number of nitrogens with zero attached hydrogens (tertiary/aromatic N) is 1. The number of furan rings is 1. The van der Waals surface area contributed by atoms with E-state index in [4.69, 9.17) is 9.15 Å². The molecule has 3 rings (SSSR count). The van der Waals surface area contributed by atoms with Gasteiger partial charge < -0.3 is 9.15 Å². The van der Waals surface area contributed by atoms with Crippen molar-refractivity contribution in [1.29, 1.82) is 0 Å². The maximum absolute atomic E-state index is 12.1. The second-order valence-electron chi connectivity index (χ2n) is 5.50. The molecule has 0 unspecified atom stereocenters. The number of benzene rings is 2. The second kappa shape index (κ2) is 8.95. The normalized spacial score (nSPS) is 10.7. The zero-order valence-electron chi connectivity index (χ0n) is 14.1. The van der Waals surface area contributed by atoms with Crippen LogP contribution in [0.2, 0.25) is 0 Å². The van der Waals surface area contributed by atoms with Crippen molar-refractivity contribution in [2.75, 3.05) is 0 Å². The lowest BCUT2D eigenvalue weighted by Crippen LogP contribution is -2.19. The monoisotopic (exact) mass is 426 g/mol. The number of carbonyl (C=O) groups is 2. The molecule has 0 bridgehead atoms. The van der Waals surface area contributed by atoms with Crippen LogP contribution in [-0.4, -0.2) is 18.1 Å². The fourth-order valence-corrected chi connectivity index (χ4v) is 2.63. The van der Waals surface area contributed by atoms with E-state index in [1.165, 1.54) is 18.5 Å². The van der Waals surface area contributed by atoms with Crippen LogP contribution >= 0.6 is 15.9 Å². The number of amides is 1. The lowest BCUT2D eigenvalue weighted by Gasteiger charge is -2.07. The standard InChI is InChI=1S/C20H15BrN2O4/c21-16-8-9-17(27-20(25)18-7-4-10-26-18)15(12-16)13-22-23-19(24)11-14-5-2-1-3-6-14/h1-10,12-13H,11H2,(H,23,24)/b22-13+. The minimum Gasteiger partial charge on any atom is -0.457 e. The summed E-state index contributed by atoms with van der Waals surface area (Å²) in [7, 11) is 0. The van der Waals surface area contributed by atoms with Gasteiger partial charge in [-0.2, -0.15) is 5.10 Å². The van der Waals surface area contributed by atoms with Gasteiger partial charge in [-0.3, -0.25) is 4.79 Å². The molecule has 3 aromatic rings. The van der Waals surface area contributed by atoms with Crippen LogP contribution in [0.1, 0.15) is 21.7 Å². The number of rotatable bonds is 6. The van der Waals surface area contributed by atoms with Gasteiger partial charge in [0.05, 0.1) is 18.9 Å². The van der Waals surface area contributed by atoms with Crippen LogP contribution in [0.15, 0.2) is 80.9 Å². The summed E-state index contributed by atoms with van der Waals surface area (Å²) in [4.78, 5) is 24.0. The molecule has 0 saturated carbocycles. The minimum absolute atomic E-state index is 0.0944. The van der Waals surface area contributed by atoms with Gasteiger partial charge in [-0.1, -0.05) is 46.3 Å². The molecule has 0 saturated heterocycles. The number of carbonyl (C=O) groups excluding carboxylic acids is 2. The summed E-state index contributed by atoms with van der Waals surface area (Å²) < 4.78 is 11.1. The lowest BCUT2D eigenvalue weighted by atomic mass is 10.1. The van der Waals surface area contributed by atoms with E-state index in [0.717, 1.165) is 10.0 Å². The molecule has 6 nitrogen and oxygen atoms in total. The van der Waals surface area contributed by atoms with Gasteiger partial charge in [-0.15, -0.1) is 0 Å². The van der Waals surface area contributed by atoms with E-state index in [1.807, 2.05) is 30.3 Å². The Morgan fingerprint density at radius 3 is 2.67 bits per heavy atom. The molecular formula is C20H15BrN2O4. The molecule has 0 fully saturated rings. The first kappa shape index (κ1) is 18.6. The molecule has 0 atom stereocenters. The number of hydrogen-bond donors (Lipinski definition) is 1. The summed E-state index contributed by atoms with van der Waals surface area (Å²) in [5, 5.41) is 3.95. The van der Waals surface area contributed by atoms with Crippen LogP contribution < -0.4 is 10.2 Å². The van der Waals surface area contributed by atoms with Crippen molar-refractivity contribution in [3.05, 3.63) is 88.3 Å². The Kier molecular flexibility index (Phi) is 6.17. The van der Waals surface area contributed by atoms with E-state index in [1.54, 1.807) is 24.3 Å². The van der Waals surface area contributed by atoms with E-state index in [2.05, 4.69) is 26.5 Å². The fraction of sp³-hybridized carbons (Fsp3) is 0.0500. The average Bonchev–Trinajstić information content (AvgIpc) is 3.19. The van der Waals surface area contributed by atoms with Gasteiger partial charge in [-0.25, -0.2) is 10.2 Å². The van der Waals surface area contributed by atoms with Crippen LogP contribution in [0, 0.1) is 0 Å². The van der Waals surface area contributed by atoms with Crippen molar-refractivity contribution in [3.8, 4) is 5.75 Å². The highest BCUT2D eigenvalue weighted by Gasteiger charge is 2.14. The molecule has 136 valence electrons. The van der Waals surface area contributed by atoms with Gasteiger partial charge in [0, 0.05) is 10.0 Å². The largest absolute Gasteiger partial charge is 0.457 e. The summed E-state index contributed by atoms with van der Waals surface area (Å²) in [6, 6.07) is 17.5. The number of esters is 1. The minimum atomic E-state index is -0.620. The topological polar surface area (TPSA) is 80.9 Å². The van der Waals surface area contributed by atoms with E-state index in [9.17, 15) is 9.59 Å². The number of halogens is 1. The lowest BCUT2D eigenvalue weighted by molar-refractivity contribution is -0.120. The SMILES string of the molecule is O=C(Cc1ccccc1)N/N=C/c1cc(Br)ccc1OC(=O)c1ccco1. The first-order chi connectivity index (χ1) is 13.1. The first-order valence-corrected chi connectivity index (χ1v) is 8.82. The van der Waals surface area contributed by atoms with Crippen molar-refractivity contribution in [1.82, 2.24) is 5.43 Å². The molecule has 1 N–H and O–H groups in total. The summed E-state index contributed by atoms with van der Waals surface area (Å²) in [5.41, 5.74) is 3.87. The Morgan fingerprint density at radius 1 is 1.11 bits per heavy atom. The highest BCUT2D eigenvalue weighted by molar-refractivity contribution is 9.10. The molecule has 27 heavy (non-hydrogen) atoms. The van der Waals surface area contributed by atoms with Crippen molar-refractivity contribution in [2.24, 2.45) is 5.10 Å². The van der Waals surface area contributed by atoms with Gasteiger partial charge in [0.15, 0.2) is 0 Å². The van der Waals surface area contributed by atoms with Crippen molar-refractivity contribution in [2.45, 2.75) is 6.42 Å². The van der Waals surface area contributed by atoms with Gasteiger partial charge in [0.1, 0.15) is 5.75 Å². The third-order valence-electron chi connectivity index (χ3n) is 3.50. The summed E-state index contributed by atoms with van der Waals surface area (Å²) in [6.45, 7) is 0. The summed E-state index contributed by atoms with van der Waals surface area (Å²) in [6.07, 6.45) is 3.03. The summed E-state index contributed by atoms with van der Waals surface area (Å²) >= 11 is 3.36. The Balaban J connectivity index is 1.66. The van der Waals surface area contributed by atoms with E-state index in [0.29, 0.717) is 11.3 Å². The second-order valence-corrected chi connectivity index (χ2v) is 6.42. The highest BCUT2D eigenvalue weighted by atomic mass is 79.9. The van der Waals surface area contributed by atoms with Crippen LogP contribution in [0.4, 0.5) is 0 Å². The fourth-order valence-electron chi connectivity index (χ4n) is 2.25. The van der Waals surface area contributed by atoms with Gasteiger partial charge in [-0.05, 0) is 35.9 Å². The van der Waals surface area contributed by atoms with Crippen molar-refractivity contribution in [3.63, 3.8) is 0 Å². The van der Waals surface area contributed by atoms with Gasteiger partial charge >= 0.3 is 5.97 Å². The van der Waals surface area contributed by atoms with Crippen LogP contribution in [-0.2, 0) is 11.2 Å². The average molecular weight is 427 g/mol. The van der Waals surface area contributed by atoms with Crippen LogP contribution in [0.3, 0.4) is 0 Å². The number of ether oxygens (including phenoxy) is 1. The molecule has 2 aromatic carbocycles. The zero-order valence-corrected chi connectivity index (χ0v) is 15.7. The number of hydrogen-bond acceptors (Lipinski definition) is 5. The molecule has 0 aliphatic carbocycles. The smallest absolute Gasteiger partial charge is 0.379 e. The molecule has 7 heteroatoms. The highest BCUT2D eigenvalue weighted by Crippen LogP contribution is 2.23. The Labute approximate surface area is 164 Å². The third-order valence-corrected chi connectivity index (χ3v) is 3.99. The maximum Gasteiger partial charge on any atom is 0.379 e. The third kappa shape index (κ3) is 5.39. The molecule has 0 radical (unpaired) electrons. The van der Waals surface area contributed by atoms with E-state index >= 15 is 0 Å². The zero-order chi connectivity index (χ0) is 19.1. The molecule has 0 aliphatic rings. The molecule has 1 aromatic heterocycles. The van der Waals surface area contributed by atoms with Crippen molar-refractivity contribution < 1.29 is 18.7 Å². The Bertz CT molecular complexity index is 953. The first-order valence-electron chi connectivity index (χ1n) is 8.03. The van der Waals surface area contributed by atoms with Crippen LogP contribution in [0.5, 0.6) is 5.75 Å². The predicted molar refractivity (Wildman–Crippen MR) is 104 cm³/mol. The molecule has 0 spiro atoms. The molecule has 0 aliphatic heterocycles.